The molecule has 2 rings (SSSR count). The van der Waals surface area contributed by atoms with Gasteiger partial charge in [0.2, 0.25) is 17.6 Å². The van der Waals surface area contributed by atoms with Crippen molar-refractivity contribution >= 4 is 11.9 Å². The van der Waals surface area contributed by atoms with Crippen molar-refractivity contribution in [3.63, 3.8) is 0 Å². The number of amides is 1. The molecule has 2 heterocycles. The quantitative estimate of drug-likeness (QED) is 0.678. The van der Waals surface area contributed by atoms with E-state index < -0.39 is 17.9 Å². The third-order valence-electron chi connectivity index (χ3n) is 3.50. The number of aliphatic carboxylic acids is 1. The third kappa shape index (κ3) is 7.14. The van der Waals surface area contributed by atoms with Gasteiger partial charge in [-0.3, -0.25) is 9.78 Å². The molecule has 2 N–H and O–H groups in total. The molecule has 0 spiro atoms. The molecule has 146 valence electrons. The van der Waals surface area contributed by atoms with Gasteiger partial charge in [-0.05, 0) is 32.9 Å². The van der Waals surface area contributed by atoms with Crippen LogP contribution in [0.2, 0.25) is 0 Å². The fraction of sp³-hybridized carbons (Fsp3) is 0.500. The van der Waals surface area contributed by atoms with Crippen molar-refractivity contribution in [2.24, 2.45) is 0 Å². The molecule has 0 aliphatic carbocycles. The molecular weight excluding hydrogens is 352 g/mol. The van der Waals surface area contributed by atoms with Crippen LogP contribution in [-0.4, -0.2) is 50.4 Å². The Labute approximate surface area is 157 Å². The minimum absolute atomic E-state index is 0.0355. The lowest BCUT2D eigenvalue weighted by molar-refractivity contribution is -0.142. The topological polar surface area (TPSA) is 127 Å². The minimum Gasteiger partial charge on any atom is -0.480 e. The van der Waals surface area contributed by atoms with Gasteiger partial charge in [-0.25, -0.2) is 4.79 Å². The maximum absolute atomic E-state index is 12.1. The van der Waals surface area contributed by atoms with Crippen LogP contribution in [0.4, 0.5) is 0 Å². The molecule has 1 atom stereocenters. The summed E-state index contributed by atoms with van der Waals surface area (Å²) in [6.07, 6.45) is 2.04. The fourth-order valence-corrected chi connectivity index (χ4v) is 2.18. The van der Waals surface area contributed by atoms with E-state index in [1.165, 1.54) is 0 Å². The number of nitrogens with one attached hydrogen (secondary N) is 1. The summed E-state index contributed by atoms with van der Waals surface area (Å²) in [6.45, 7) is 5.87. The predicted molar refractivity (Wildman–Crippen MR) is 95.7 cm³/mol. The summed E-state index contributed by atoms with van der Waals surface area (Å²) in [4.78, 5) is 31.7. The molecule has 0 aliphatic heterocycles. The van der Waals surface area contributed by atoms with Crippen molar-refractivity contribution < 1.29 is 24.0 Å². The Morgan fingerprint density at radius 2 is 2.11 bits per heavy atom. The van der Waals surface area contributed by atoms with Gasteiger partial charge in [0, 0.05) is 32.1 Å². The second-order valence-corrected chi connectivity index (χ2v) is 6.93. The summed E-state index contributed by atoms with van der Waals surface area (Å²) in [5.74, 6) is -0.880. The molecule has 0 fully saturated rings. The summed E-state index contributed by atoms with van der Waals surface area (Å²) >= 11 is 0. The molecule has 1 unspecified atom stereocenters. The smallest absolute Gasteiger partial charge is 0.326 e. The van der Waals surface area contributed by atoms with Crippen LogP contribution in [0.25, 0.3) is 11.5 Å². The largest absolute Gasteiger partial charge is 0.480 e. The van der Waals surface area contributed by atoms with Gasteiger partial charge in [0.1, 0.15) is 11.7 Å². The van der Waals surface area contributed by atoms with Crippen molar-refractivity contribution in [1.29, 1.82) is 0 Å². The van der Waals surface area contributed by atoms with Crippen LogP contribution in [0.1, 0.15) is 39.5 Å². The number of hydrogen-bond acceptors (Lipinski definition) is 7. The van der Waals surface area contributed by atoms with E-state index in [-0.39, 0.29) is 37.4 Å². The Kier molecular flexibility index (Phi) is 7.00. The summed E-state index contributed by atoms with van der Waals surface area (Å²) in [6, 6.07) is 4.33. The van der Waals surface area contributed by atoms with Crippen molar-refractivity contribution in [2.75, 3.05) is 6.61 Å². The molecule has 0 aliphatic rings. The lowest BCUT2D eigenvalue weighted by atomic mass is 10.1. The average Bonchev–Trinajstić information content (AvgIpc) is 3.08. The van der Waals surface area contributed by atoms with Gasteiger partial charge in [-0.15, -0.1) is 0 Å². The van der Waals surface area contributed by atoms with Crippen molar-refractivity contribution in [3.8, 4) is 11.5 Å². The number of aromatic nitrogens is 3. The van der Waals surface area contributed by atoms with E-state index in [0.29, 0.717) is 11.5 Å². The Hall–Kier alpha value is -2.81. The number of carboxylic acid groups (broad SMARTS) is 1. The average molecular weight is 376 g/mol. The normalized spacial score (nSPS) is 12.6. The third-order valence-corrected chi connectivity index (χ3v) is 3.50. The number of carbonyl (C=O) groups excluding carboxylic acids is 1. The first-order valence-corrected chi connectivity index (χ1v) is 8.65. The number of carbonyl (C=O) groups is 2. The van der Waals surface area contributed by atoms with E-state index in [4.69, 9.17) is 9.26 Å². The van der Waals surface area contributed by atoms with E-state index in [1.54, 1.807) is 24.4 Å². The Bertz CT molecular complexity index is 755. The zero-order chi connectivity index (χ0) is 19.9. The summed E-state index contributed by atoms with van der Waals surface area (Å²) in [5, 5.41) is 15.6. The van der Waals surface area contributed by atoms with Crippen LogP contribution in [0.15, 0.2) is 28.9 Å². The van der Waals surface area contributed by atoms with E-state index >= 15 is 0 Å². The van der Waals surface area contributed by atoms with Crippen LogP contribution in [0.3, 0.4) is 0 Å². The molecule has 27 heavy (non-hydrogen) atoms. The first kappa shape index (κ1) is 20.5. The SMILES string of the molecule is CC(C)(C)OCCC(NC(=O)CCc1nc(-c2ccccn2)no1)C(=O)O. The summed E-state index contributed by atoms with van der Waals surface area (Å²) in [7, 11) is 0. The lowest BCUT2D eigenvalue weighted by Crippen LogP contribution is -2.42. The van der Waals surface area contributed by atoms with Gasteiger partial charge in [0.05, 0.1) is 5.60 Å². The monoisotopic (exact) mass is 376 g/mol. The van der Waals surface area contributed by atoms with Gasteiger partial charge in [0.25, 0.3) is 0 Å². The second kappa shape index (κ2) is 9.22. The molecule has 2 aromatic heterocycles. The molecule has 2 aromatic rings. The standard InChI is InChI=1S/C18H24N4O5/c1-18(2,3)26-11-9-13(17(24)25)20-14(23)7-8-15-21-16(22-27-15)12-6-4-5-10-19-12/h4-6,10,13H,7-9,11H2,1-3H3,(H,20,23)(H,24,25). The maximum atomic E-state index is 12.1. The van der Waals surface area contributed by atoms with E-state index in [9.17, 15) is 14.7 Å². The number of carboxylic acids is 1. The lowest BCUT2D eigenvalue weighted by Gasteiger charge is -2.21. The van der Waals surface area contributed by atoms with Crippen molar-refractivity contribution in [3.05, 3.63) is 30.3 Å². The van der Waals surface area contributed by atoms with Crippen LogP contribution in [-0.2, 0) is 20.7 Å². The second-order valence-electron chi connectivity index (χ2n) is 6.93. The minimum atomic E-state index is -1.10. The number of rotatable bonds is 9. The molecule has 9 nitrogen and oxygen atoms in total. The van der Waals surface area contributed by atoms with Gasteiger partial charge < -0.3 is 19.7 Å². The molecule has 0 bridgehead atoms. The Balaban J connectivity index is 1.82. The highest BCUT2D eigenvalue weighted by Crippen LogP contribution is 2.13. The fourth-order valence-electron chi connectivity index (χ4n) is 2.18. The van der Waals surface area contributed by atoms with E-state index in [0.717, 1.165) is 0 Å². The van der Waals surface area contributed by atoms with Gasteiger partial charge >= 0.3 is 5.97 Å². The van der Waals surface area contributed by atoms with Crippen LogP contribution >= 0.6 is 0 Å². The molecule has 0 saturated carbocycles. The molecule has 0 radical (unpaired) electrons. The first-order chi connectivity index (χ1) is 12.7. The predicted octanol–water partition coefficient (Wildman–Crippen LogP) is 1.84. The highest BCUT2D eigenvalue weighted by molar-refractivity contribution is 5.83. The number of pyridine rings is 1. The van der Waals surface area contributed by atoms with Gasteiger partial charge in [0.15, 0.2) is 0 Å². The molecule has 1 amide bonds. The highest BCUT2D eigenvalue weighted by Gasteiger charge is 2.21. The van der Waals surface area contributed by atoms with E-state index in [2.05, 4.69) is 20.4 Å². The number of ether oxygens (including phenoxy) is 1. The zero-order valence-electron chi connectivity index (χ0n) is 15.6. The summed E-state index contributed by atoms with van der Waals surface area (Å²) in [5.41, 5.74) is 0.206. The van der Waals surface area contributed by atoms with Crippen LogP contribution in [0, 0.1) is 0 Å². The Morgan fingerprint density at radius 1 is 1.33 bits per heavy atom. The first-order valence-electron chi connectivity index (χ1n) is 8.65. The zero-order valence-corrected chi connectivity index (χ0v) is 15.6. The molecule has 0 saturated heterocycles. The van der Waals surface area contributed by atoms with Crippen LogP contribution in [0.5, 0.6) is 0 Å². The van der Waals surface area contributed by atoms with E-state index in [1.807, 2.05) is 20.8 Å². The van der Waals surface area contributed by atoms with Gasteiger partial charge in [-0.2, -0.15) is 4.98 Å². The number of nitrogens with zero attached hydrogens (tertiary/aromatic N) is 3. The molecule has 0 aromatic carbocycles. The maximum Gasteiger partial charge on any atom is 0.326 e. The summed E-state index contributed by atoms with van der Waals surface area (Å²) < 4.78 is 10.6. The molecular formula is C18H24N4O5. The molecule has 9 heteroatoms. The number of aryl methyl sites for hydroxylation is 1. The Morgan fingerprint density at radius 3 is 2.74 bits per heavy atom. The highest BCUT2D eigenvalue weighted by atomic mass is 16.5. The van der Waals surface area contributed by atoms with Crippen molar-refractivity contribution in [2.45, 2.75) is 51.7 Å². The van der Waals surface area contributed by atoms with Crippen molar-refractivity contribution in [1.82, 2.24) is 20.4 Å². The van der Waals surface area contributed by atoms with Gasteiger partial charge in [-0.1, -0.05) is 11.2 Å². The number of hydrogen-bond donors (Lipinski definition) is 2. The van der Waals surface area contributed by atoms with Crippen LogP contribution < -0.4 is 5.32 Å².